The maximum Gasteiger partial charge on any atom is 0.277 e. The van der Waals surface area contributed by atoms with E-state index in [0.29, 0.717) is 32.3 Å². The third-order valence-electron chi connectivity index (χ3n) is 3.72. The molecule has 1 N–H and O–H groups in total. The fourth-order valence-electron chi connectivity index (χ4n) is 2.25. The number of rotatable bonds is 6. The molecule has 1 heterocycles. The summed E-state index contributed by atoms with van der Waals surface area (Å²) in [6.07, 6.45) is 1.39. The maximum absolute atomic E-state index is 11.8. The van der Waals surface area contributed by atoms with Crippen molar-refractivity contribution in [3.63, 3.8) is 0 Å². The summed E-state index contributed by atoms with van der Waals surface area (Å²) < 4.78 is 11.0. The Labute approximate surface area is 176 Å². The fourth-order valence-corrected chi connectivity index (χ4v) is 2.77. The molecule has 1 amide bonds. The minimum absolute atomic E-state index is 0.261. The second-order valence-corrected chi connectivity index (χ2v) is 7.07. The van der Waals surface area contributed by atoms with Crippen LogP contribution in [0.25, 0.3) is 11.3 Å². The first-order valence-electron chi connectivity index (χ1n) is 8.18. The van der Waals surface area contributed by atoms with Crippen LogP contribution < -0.4 is 10.2 Å². The fraction of sp³-hybridized carbons (Fsp3) is 0.100. The number of carbonyl (C=O) groups is 1. The maximum atomic E-state index is 11.8. The molecule has 0 spiro atoms. The Hall–Kier alpha value is -2.47. The van der Waals surface area contributed by atoms with E-state index in [2.05, 4.69) is 10.5 Å². The number of hydrogen-bond acceptors (Lipinski definition) is 4. The van der Waals surface area contributed by atoms with Gasteiger partial charge in [-0.1, -0.05) is 46.9 Å². The number of benzene rings is 2. The zero-order valence-electron chi connectivity index (χ0n) is 14.7. The molecule has 3 aromatic rings. The molecular weight excluding hydrogens is 423 g/mol. The topological polar surface area (TPSA) is 63.8 Å². The number of amides is 1. The van der Waals surface area contributed by atoms with E-state index in [0.717, 1.165) is 11.1 Å². The summed E-state index contributed by atoms with van der Waals surface area (Å²) in [6, 6.07) is 13.9. The highest BCUT2D eigenvalue weighted by molar-refractivity contribution is 6.34. The van der Waals surface area contributed by atoms with Crippen molar-refractivity contribution in [2.45, 2.75) is 6.92 Å². The van der Waals surface area contributed by atoms with E-state index in [9.17, 15) is 4.79 Å². The molecule has 0 aliphatic rings. The molecule has 0 saturated carbocycles. The van der Waals surface area contributed by atoms with E-state index in [1.54, 1.807) is 24.3 Å². The zero-order chi connectivity index (χ0) is 20.1. The van der Waals surface area contributed by atoms with Crippen molar-refractivity contribution < 1.29 is 13.9 Å². The van der Waals surface area contributed by atoms with Crippen LogP contribution in [0.2, 0.25) is 15.1 Å². The summed E-state index contributed by atoms with van der Waals surface area (Å²) in [7, 11) is 0. The molecule has 2 aromatic carbocycles. The summed E-state index contributed by atoms with van der Waals surface area (Å²) in [5.41, 5.74) is 4.19. The molecule has 28 heavy (non-hydrogen) atoms. The molecule has 0 aliphatic carbocycles. The minimum Gasteiger partial charge on any atom is -0.482 e. The first kappa shape index (κ1) is 20.3. The van der Waals surface area contributed by atoms with Gasteiger partial charge in [-0.15, -0.1) is 0 Å². The van der Waals surface area contributed by atoms with Crippen LogP contribution in [0.5, 0.6) is 5.75 Å². The molecule has 0 aliphatic heterocycles. The number of nitrogens with one attached hydrogen (secondary N) is 1. The normalized spacial score (nSPS) is 11.0. The zero-order valence-corrected chi connectivity index (χ0v) is 17.0. The lowest BCUT2D eigenvalue weighted by Crippen LogP contribution is -2.24. The molecule has 0 atom stereocenters. The van der Waals surface area contributed by atoms with Gasteiger partial charge in [0.2, 0.25) is 0 Å². The predicted octanol–water partition coefficient (Wildman–Crippen LogP) is 5.74. The van der Waals surface area contributed by atoms with Crippen molar-refractivity contribution in [1.82, 2.24) is 5.43 Å². The van der Waals surface area contributed by atoms with Crippen molar-refractivity contribution in [1.29, 1.82) is 0 Å². The van der Waals surface area contributed by atoms with Crippen molar-refractivity contribution in [2.75, 3.05) is 6.61 Å². The number of halogens is 3. The Kier molecular flexibility index (Phi) is 6.62. The number of hydrogen-bond donors (Lipinski definition) is 1. The molecule has 144 valence electrons. The average Bonchev–Trinajstić information content (AvgIpc) is 3.13. The summed E-state index contributed by atoms with van der Waals surface area (Å²) in [5.74, 6) is 0.990. The molecule has 3 rings (SSSR count). The van der Waals surface area contributed by atoms with Gasteiger partial charge in [0.05, 0.1) is 11.2 Å². The molecular formula is C20H15Cl3N2O3. The SMILES string of the molecule is Cc1ccc(-c2ccc(/C=N/NC(=O)COc3cc(Cl)ccc3Cl)o2)cc1Cl. The van der Waals surface area contributed by atoms with Gasteiger partial charge >= 0.3 is 0 Å². The van der Waals surface area contributed by atoms with E-state index < -0.39 is 5.91 Å². The second-order valence-electron chi connectivity index (χ2n) is 5.82. The standard InChI is InChI=1S/C20H15Cl3N2O3/c1-12-2-3-13(8-17(12)23)18-7-5-15(28-18)10-24-25-20(26)11-27-19-9-14(21)4-6-16(19)22/h2-10H,11H2,1H3,(H,25,26)/b24-10+. The number of hydrazone groups is 1. The Bertz CT molecular complexity index is 1030. The van der Waals surface area contributed by atoms with E-state index in [-0.39, 0.29) is 6.61 Å². The smallest absolute Gasteiger partial charge is 0.277 e. The third-order valence-corrected chi connectivity index (χ3v) is 4.67. The lowest BCUT2D eigenvalue weighted by atomic mass is 10.1. The highest BCUT2D eigenvalue weighted by atomic mass is 35.5. The summed E-state index contributed by atoms with van der Waals surface area (Å²) in [4.78, 5) is 11.8. The summed E-state index contributed by atoms with van der Waals surface area (Å²) >= 11 is 18.0. The minimum atomic E-state index is -0.454. The number of ether oxygens (including phenoxy) is 1. The van der Waals surface area contributed by atoms with Crippen LogP contribution in [0, 0.1) is 6.92 Å². The Morgan fingerprint density at radius 3 is 2.71 bits per heavy atom. The monoisotopic (exact) mass is 436 g/mol. The van der Waals surface area contributed by atoms with Crippen molar-refractivity contribution in [3.8, 4) is 17.1 Å². The first-order chi connectivity index (χ1) is 13.4. The molecule has 0 radical (unpaired) electrons. The molecule has 0 unspecified atom stereocenters. The number of aryl methyl sites for hydroxylation is 1. The Morgan fingerprint density at radius 1 is 1.11 bits per heavy atom. The third kappa shape index (κ3) is 5.29. The van der Waals surface area contributed by atoms with Crippen LogP contribution in [0.1, 0.15) is 11.3 Å². The highest BCUT2D eigenvalue weighted by Gasteiger charge is 2.07. The number of nitrogens with zero attached hydrogens (tertiary/aromatic N) is 1. The molecule has 0 fully saturated rings. The van der Waals surface area contributed by atoms with E-state index in [1.165, 1.54) is 12.3 Å². The van der Waals surface area contributed by atoms with Gasteiger partial charge in [0.1, 0.15) is 17.3 Å². The van der Waals surface area contributed by atoms with E-state index in [1.807, 2.05) is 25.1 Å². The average molecular weight is 438 g/mol. The van der Waals surface area contributed by atoms with Gasteiger partial charge in [-0.3, -0.25) is 4.79 Å². The van der Waals surface area contributed by atoms with Crippen LogP contribution in [-0.4, -0.2) is 18.7 Å². The summed E-state index contributed by atoms with van der Waals surface area (Å²) in [6.45, 7) is 1.67. The van der Waals surface area contributed by atoms with Gasteiger partial charge in [-0.05, 0) is 42.8 Å². The molecule has 1 aromatic heterocycles. The lowest BCUT2D eigenvalue weighted by molar-refractivity contribution is -0.123. The van der Waals surface area contributed by atoms with Crippen molar-refractivity contribution in [3.05, 3.63) is 74.9 Å². The van der Waals surface area contributed by atoms with Crippen molar-refractivity contribution in [2.24, 2.45) is 5.10 Å². The van der Waals surface area contributed by atoms with Gasteiger partial charge in [-0.25, -0.2) is 5.43 Å². The largest absolute Gasteiger partial charge is 0.482 e. The quantitative estimate of drug-likeness (QED) is 0.395. The molecule has 5 nitrogen and oxygen atoms in total. The van der Waals surface area contributed by atoms with Crippen molar-refractivity contribution >= 4 is 46.9 Å². The second kappa shape index (κ2) is 9.15. The van der Waals surface area contributed by atoms with Gasteiger partial charge in [0.15, 0.2) is 6.61 Å². The van der Waals surface area contributed by atoms with Gasteiger partial charge in [0, 0.05) is 21.7 Å². The van der Waals surface area contributed by atoms with Gasteiger partial charge in [-0.2, -0.15) is 5.10 Å². The molecule has 0 bridgehead atoms. The van der Waals surface area contributed by atoms with E-state index >= 15 is 0 Å². The molecule has 8 heteroatoms. The van der Waals surface area contributed by atoms with Crippen LogP contribution >= 0.6 is 34.8 Å². The first-order valence-corrected chi connectivity index (χ1v) is 9.32. The predicted molar refractivity (Wildman–Crippen MR) is 112 cm³/mol. The Balaban J connectivity index is 1.54. The summed E-state index contributed by atoms with van der Waals surface area (Å²) in [5, 5.41) is 5.33. The lowest BCUT2D eigenvalue weighted by Gasteiger charge is -2.07. The highest BCUT2D eigenvalue weighted by Crippen LogP contribution is 2.28. The molecule has 0 saturated heterocycles. The number of furan rings is 1. The van der Waals surface area contributed by atoms with Gasteiger partial charge in [0.25, 0.3) is 5.91 Å². The van der Waals surface area contributed by atoms with Crippen LogP contribution in [0.15, 0.2) is 58.0 Å². The van der Waals surface area contributed by atoms with Crippen LogP contribution in [0.3, 0.4) is 0 Å². The Morgan fingerprint density at radius 2 is 1.93 bits per heavy atom. The van der Waals surface area contributed by atoms with Crippen LogP contribution in [-0.2, 0) is 4.79 Å². The van der Waals surface area contributed by atoms with Gasteiger partial charge < -0.3 is 9.15 Å². The van der Waals surface area contributed by atoms with E-state index in [4.69, 9.17) is 44.0 Å². The van der Waals surface area contributed by atoms with Crippen LogP contribution in [0.4, 0.5) is 0 Å². The number of carbonyl (C=O) groups excluding carboxylic acids is 1.